The molecule has 6 N–H and O–H groups in total. The number of hydrogen-bond donors (Lipinski definition) is 4. The van der Waals surface area contributed by atoms with Crippen molar-refractivity contribution in [3.63, 3.8) is 0 Å². The van der Waals surface area contributed by atoms with Crippen LogP contribution in [0.1, 0.15) is 51.9 Å². The van der Waals surface area contributed by atoms with Gasteiger partial charge in [-0.3, -0.25) is 0 Å². The summed E-state index contributed by atoms with van der Waals surface area (Å²) in [7, 11) is 0. The van der Waals surface area contributed by atoms with Gasteiger partial charge in [0.2, 0.25) is 0 Å². The van der Waals surface area contributed by atoms with E-state index >= 15 is 0 Å². The minimum Gasteiger partial charge on any atom is -0.390 e. The second kappa shape index (κ2) is 8.10. The zero-order valence-corrected chi connectivity index (χ0v) is 11.6. The summed E-state index contributed by atoms with van der Waals surface area (Å²) >= 11 is 0. The highest BCUT2D eigenvalue weighted by molar-refractivity contribution is 4.83. The lowest BCUT2D eigenvalue weighted by Gasteiger charge is -2.30. The normalized spacial score (nSPS) is 24.5. The van der Waals surface area contributed by atoms with Crippen molar-refractivity contribution in [1.29, 1.82) is 0 Å². The van der Waals surface area contributed by atoms with Gasteiger partial charge in [0.1, 0.15) is 0 Å². The van der Waals surface area contributed by atoms with Gasteiger partial charge in [-0.25, -0.2) is 0 Å². The molecule has 0 amide bonds. The summed E-state index contributed by atoms with van der Waals surface area (Å²) < 4.78 is 0. The summed E-state index contributed by atoms with van der Waals surface area (Å²) in [6.07, 6.45) is 6.10. The average Bonchev–Trinajstić information content (AvgIpc) is 2.38. The number of aliphatic hydroxyl groups excluding tert-OH is 2. The maximum Gasteiger partial charge on any atom is 0.0949 e. The van der Waals surface area contributed by atoms with E-state index in [1.54, 1.807) is 0 Å². The molecule has 0 radical (unpaired) electrons. The molecule has 1 rings (SSSR count). The number of aliphatic hydroxyl groups is 2. The molecule has 4 atom stereocenters. The Bertz CT molecular complexity index is 220. The van der Waals surface area contributed by atoms with Crippen LogP contribution >= 0.6 is 0 Å². The molecule has 0 heterocycles. The summed E-state index contributed by atoms with van der Waals surface area (Å²) in [6.45, 7) is 2.50. The van der Waals surface area contributed by atoms with Crippen LogP contribution in [0, 0.1) is 11.8 Å². The minimum absolute atomic E-state index is 0.219. The van der Waals surface area contributed by atoms with Gasteiger partial charge in [0.05, 0.1) is 12.2 Å². The van der Waals surface area contributed by atoms with Crippen molar-refractivity contribution in [3.05, 3.63) is 0 Å². The Labute approximate surface area is 111 Å². The largest absolute Gasteiger partial charge is 0.390 e. The lowest BCUT2D eigenvalue weighted by atomic mass is 9.83. The topological polar surface area (TPSA) is 92.5 Å². The molecule has 0 aromatic rings. The van der Waals surface area contributed by atoms with Gasteiger partial charge in [0, 0.05) is 6.04 Å². The van der Waals surface area contributed by atoms with E-state index in [2.05, 4.69) is 0 Å². The second-order valence-corrected chi connectivity index (χ2v) is 6.04. The Balaban J connectivity index is 2.32. The molecule has 0 aromatic carbocycles. The van der Waals surface area contributed by atoms with E-state index in [4.69, 9.17) is 11.5 Å². The first-order valence-corrected chi connectivity index (χ1v) is 7.36. The summed E-state index contributed by atoms with van der Waals surface area (Å²) in [5, 5.41) is 20.0. The zero-order chi connectivity index (χ0) is 13.5. The van der Waals surface area contributed by atoms with Crippen LogP contribution in [0.4, 0.5) is 0 Å². The molecule has 4 nitrogen and oxygen atoms in total. The Morgan fingerprint density at radius 1 is 1.17 bits per heavy atom. The van der Waals surface area contributed by atoms with Crippen LogP contribution in [0.3, 0.4) is 0 Å². The number of nitrogens with two attached hydrogens (primary N) is 2. The van der Waals surface area contributed by atoms with Gasteiger partial charge in [-0.2, -0.15) is 0 Å². The molecule has 0 unspecified atom stereocenters. The molecule has 0 aliphatic heterocycles. The van der Waals surface area contributed by atoms with Crippen molar-refractivity contribution in [3.8, 4) is 0 Å². The summed E-state index contributed by atoms with van der Waals surface area (Å²) in [5.74, 6) is 0.846. The highest BCUT2D eigenvalue weighted by Gasteiger charge is 2.27. The quantitative estimate of drug-likeness (QED) is 0.548. The molecule has 108 valence electrons. The van der Waals surface area contributed by atoms with Crippen LogP contribution in [-0.2, 0) is 0 Å². The molecule has 0 saturated heterocycles. The molecule has 1 fully saturated rings. The third-order valence-corrected chi connectivity index (χ3v) is 4.21. The van der Waals surface area contributed by atoms with Crippen LogP contribution in [0.5, 0.6) is 0 Å². The Kier molecular flexibility index (Phi) is 7.15. The van der Waals surface area contributed by atoms with Gasteiger partial charge in [-0.15, -0.1) is 0 Å². The summed E-state index contributed by atoms with van der Waals surface area (Å²) in [4.78, 5) is 0. The van der Waals surface area contributed by atoms with Gasteiger partial charge in [-0.05, 0) is 31.2 Å². The van der Waals surface area contributed by atoms with Crippen molar-refractivity contribution < 1.29 is 10.2 Å². The van der Waals surface area contributed by atoms with Gasteiger partial charge in [-0.1, -0.05) is 39.0 Å². The fraction of sp³-hybridized carbons (Fsp3) is 1.00. The molecule has 1 aliphatic rings. The van der Waals surface area contributed by atoms with Gasteiger partial charge in [0.25, 0.3) is 0 Å². The van der Waals surface area contributed by atoms with Crippen molar-refractivity contribution in [2.24, 2.45) is 23.3 Å². The smallest absolute Gasteiger partial charge is 0.0949 e. The van der Waals surface area contributed by atoms with Crippen LogP contribution in [0.15, 0.2) is 0 Å². The van der Waals surface area contributed by atoms with Crippen LogP contribution in [-0.4, -0.2) is 35.0 Å². The minimum atomic E-state index is -0.819. The van der Waals surface area contributed by atoms with Crippen molar-refractivity contribution in [2.75, 3.05) is 6.54 Å². The average molecular weight is 258 g/mol. The van der Waals surface area contributed by atoms with Crippen LogP contribution in [0.2, 0.25) is 0 Å². The van der Waals surface area contributed by atoms with Crippen molar-refractivity contribution >= 4 is 0 Å². The third-order valence-electron chi connectivity index (χ3n) is 4.21. The molecule has 0 aromatic heterocycles. The SMILES string of the molecule is C[C@H](CN)C[C@H](O)[C@H](O)[C@@H](N)CC1CCCCC1. The van der Waals surface area contributed by atoms with E-state index in [1.165, 1.54) is 32.1 Å². The Morgan fingerprint density at radius 2 is 1.78 bits per heavy atom. The monoisotopic (exact) mass is 258 g/mol. The lowest BCUT2D eigenvalue weighted by molar-refractivity contribution is -0.0123. The second-order valence-electron chi connectivity index (χ2n) is 6.04. The summed E-state index contributed by atoms with van der Waals surface area (Å²) in [5.41, 5.74) is 11.5. The fourth-order valence-corrected chi connectivity index (χ4v) is 2.88. The highest BCUT2D eigenvalue weighted by atomic mass is 16.3. The van der Waals surface area contributed by atoms with Crippen molar-refractivity contribution in [2.45, 2.75) is 70.1 Å². The van der Waals surface area contributed by atoms with Gasteiger partial charge < -0.3 is 21.7 Å². The van der Waals surface area contributed by atoms with E-state index in [1.807, 2.05) is 6.92 Å². The van der Waals surface area contributed by atoms with E-state index in [9.17, 15) is 10.2 Å². The Morgan fingerprint density at radius 3 is 2.33 bits per heavy atom. The number of rotatable bonds is 7. The van der Waals surface area contributed by atoms with E-state index in [0.717, 1.165) is 6.42 Å². The first-order chi connectivity index (χ1) is 8.54. The van der Waals surface area contributed by atoms with E-state index in [-0.39, 0.29) is 12.0 Å². The maximum atomic E-state index is 10.0. The predicted molar refractivity (Wildman–Crippen MR) is 74.0 cm³/mol. The molecule has 1 saturated carbocycles. The van der Waals surface area contributed by atoms with E-state index < -0.39 is 12.2 Å². The van der Waals surface area contributed by atoms with Gasteiger partial charge in [0.15, 0.2) is 0 Å². The molecule has 18 heavy (non-hydrogen) atoms. The highest BCUT2D eigenvalue weighted by Crippen LogP contribution is 2.28. The molecule has 0 bridgehead atoms. The molecule has 4 heteroatoms. The Hall–Kier alpha value is -0.160. The lowest BCUT2D eigenvalue weighted by Crippen LogP contribution is -2.45. The molecule has 0 spiro atoms. The fourth-order valence-electron chi connectivity index (χ4n) is 2.88. The third kappa shape index (κ3) is 5.22. The maximum absolute atomic E-state index is 10.0. The molecular weight excluding hydrogens is 228 g/mol. The van der Waals surface area contributed by atoms with Gasteiger partial charge >= 0.3 is 0 Å². The first kappa shape index (κ1) is 15.9. The van der Waals surface area contributed by atoms with Crippen LogP contribution in [0.25, 0.3) is 0 Å². The van der Waals surface area contributed by atoms with Crippen molar-refractivity contribution in [1.82, 2.24) is 0 Å². The number of hydrogen-bond acceptors (Lipinski definition) is 4. The van der Waals surface area contributed by atoms with E-state index in [0.29, 0.717) is 18.9 Å². The summed E-state index contributed by atoms with van der Waals surface area (Å²) in [6, 6.07) is -0.312. The molecule has 1 aliphatic carbocycles. The molecular formula is C14H30N2O2. The predicted octanol–water partition coefficient (Wildman–Crippen LogP) is 0.991. The standard InChI is InChI=1S/C14H30N2O2/c1-10(9-15)7-13(17)14(18)12(16)8-11-5-3-2-4-6-11/h10-14,17-18H,2-9,15-16H2,1H3/t10-,12-,13-,14+/m0/s1. The zero-order valence-electron chi connectivity index (χ0n) is 11.6. The van der Waals surface area contributed by atoms with Crippen LogP contribution < -0.4 is 11.5 Å². The first-order valence-electron chi connectivity index (χ1n) is 7.36.